The van der Waals surface area contributed by atoms with E-state index in [0.717, 1.165) is 18.8 Å². The van der Waals surface area contributed by atoms with Crippen molar-refractivity contribution in [2.45, 2.75) is 58.5 Å². The summed E-state index contributed by atoms with van der Waals surface area (Å²) in [7, 11) is 0. The van der Waals surface area contributed by atoms with Crippen LogP contribution in [0.25, 0.3) is 0 Å². The van der Waals surface area contributed by atoms with E-state index in [2.05, 4.69) is 32.0 Å². The second-order valence-corrected chi connectivity index (χ2v) is 6.17. The molecule has 1 saturated carbocycles. The second-order valence-electron chi connectivity index (χ2n) is 6.17. The molecule has 0 spiro atoms. The van der Waals surface area contributed by atoms with Crippen LogP contribution in [0.1, 0.15) is 49.3 Å². The molecule has 17 heavy (non-hydrogen) atoms. The Morgan fingerprint density at radius 3 is 2.24 bits per heavy atom. The lowest BCUT2D eigenvalue weighted by molar-refractivity contribution is 0.0204. The highest BCUT2D eigenvalue weighted by molar-refractivity contribution is 5.29. The molecule has 0 aromatic heterocycles. The normalized spacial score (nSPS) is 19.8. The number of hydrogen-bond donors (Lipinski definition) is 1. The van der Waals surface area contributed by atoms with E-state index in [4.69, 9.17) is 0 Å². The summed E-state index contributed by atoms with van der Waals surface area (Å²) in [6.45, 7) is 6.23. The summed E-state index contributed by atoms with van der Waals surface area (Å²) in [4.78, 5) is 0. The number of aliphatic hydroxyl groups is 1. The van der Waals surface area contributed by atoms with E-state index in [9.17, 15) is 5.11 Å². The molecular weight excluding hydrogens is 208 g/mol. The van der Waals surface area contributed by atoms with Crippen molar-refractivity contribution in [1.29, 1.82) is 0 Å². The van der Waals surface area contributed by atoms with Gasteiger partial charge >= 0.3 is 0 Å². The predicted octanol–water partition coefficient (Wildman–Crippen LogP) is 3.79. The van der Waals surface area contributed by atoms with E-state index in [1.54, 1.807) is 0 Å². The van der Waals surface area contributed by atoms with Gasteiger partial charge in [0.25, 0.3) is 0 Å². The van der Waals surface area contributed by atoms with Crippen LogP contribution in [0.15, 0.2) is 18.2 Å². The van der Waals surface area contributed by atoms with Crippen LogP contribution in [0.5, 0.6) is 0 Å². The Kier molecular flexibility index (Phi) is 3.58. The van der Waals surface area contributed by atoms with Gasteiger partial charge in [-0.05, 0) is 38.7 Å². The molecule has 2 rings (SSSR count). The SMILES string of the molecule is Cc1cc(C)cc(CC(C)(O)CC2CCC2)c1. The van der Waals surface area contributed by atoms with E-state index in [1.165, 1.54) is 36.0 Å². The average molecular weight is 232 g/mol. The lowest BCUT2D eigenvalue weighted by atomic mass is 9.76. The van der Waals surface area contributed by atoms with Gasteiger partial charge < -0.3 is 5.11 Å². The van der Waals surface area contributed by atoms with Crippen LogP contribution in [0.2, 0.25) is 0 Å². The Labute approximate surface area is 105 Å². The first-order chi connectivity index (χ1) is 7.94. The minimum Gasteiger partial charge on any atom is -0.390 e. The summed E-state index contributed by atoms with van der Waals surface area (Å²) in [5.74, 6) is 0.760. The quantitative estimate of drug-likeness (QED) is 0.837. The van der Waals surface area contributed by atoms with Gasteiger partial charge in [0.05, 0.1) is 5.60 Å². The molecule has 1 aromatic carbocycles. The fraction of sp³-hybridized carbons (Fsp3) is 0.625. The van der Waals surface area contributed by atoms with Crippen LogP contribution in [0.4, 0.5) is 0 Å². The van der Waals surface area contributed by atoms with E-state index in [0.29, 0.717) is 0 Å². The molecule has 0 aliphatic heterocycles. The van der Waals surface area contributed by atoms with Crippen LogP contribution in [-0.2, 0) is 6.42 Å². The van der Waals surface area contributed by atoms with Crippen molar-refractivity contribution < 1.29 is 5.11 Å². The van der Waals surface area contributed by atoms with Crippen molar-refractivity contribution in [2.75, 3.05) is 0 Å². The monoisotopic (exact) mass is 232 g/mol. The topological polar surface area (TPSA) is 20.2 Å². The molecule has 1 aromatic rings. The summed E-state index contributed by atoms with van der Waals surface area (Å²) in [6, 6.07) is 6.58. The first-order valence-electron chi connectivity index (χ1n) is 6.74. The van der Waals surface area contributed by atoms with Crippen molar-refractivity contribution in [3.05, 3.63) is 34.9 Å². The molecule has 0 bridgehead atoms. The van der Waals surface area contributed by atoms with Gasteiger partial charge in [-0.15, -0.1) is 0 Å². The van der Waals surface area contributed by atoms with Gasteiger partial charge in [-0.3, -0.25) is 0 Å². The molecule has 1 N–H and O–H groups in total. The Hall–Kier alpha value is -0.820. The number of rotatable bonds is 4. The Balaban J connectivity index is 2.02. The third kappa shape index (κ3) is 3.57. The molecule has 1 aliphatic carbocycles. The lowest BCUT2D eigenvalue weighted by Gasteiger charge is -2.33. The zero-order chi connectivity index (χ0) is 12.5. The molecule has 0 amide bonds. The largest absolute Gasteiger partial charge is 0.390 e. The van der Waals surface area contributed by atoms with Crippen molar-refractivity contribution in [3.63, 3.8) is 0 Å². The van der Waals surface area contributed by atoms with Gasteiger partial charge in [0.2, 0.25) is 0 Å². The van der Waals surface area contributed by atoms with Gasteiger partial charge in [0, 0.05) is 6.42 Å². The molecule has 1 unspecified atom stereocenters. The maximum atomic E-state index is 10.5. The lowest BCUT2D eigenvalue weighted by Crippen LogP contribution is -2.32. The zero-order valence-electron chi connectivity index (χ0n) is 11.3. The number of benzene rings is 1. The molecule has 1 heteroatoms. The third-order valence-electron chi connectivity index (χ3n) is 3.82. The molecule has 0 heterocycles. The molecule has 1 nitrogen and oxygen atoms in total. The summed E-state index contributed by atoms with van der Waals surface area (Å²) < 4.78 is 0. The fourth-order valence-corrected chi connectivity index (χ4v) is 3.00. The van der Waals surface area contributed by atoms with Crippen LogP contribution in [0, 0.1) is 19.8 Å². The van der Waals surface area contributed by atoms with Gasteiger partial charge in [-0.1, -0.05) is 48.6 Å². The molecular formula is C16H24O. The van der Waals surface area contributed by atoms with E-state index < -0.39 is 5.60 Å². The van der Waals surface area contributed by atoms with Crippen molar-refractivity contribution >= 4 is 0 Å². The third-order valence-corrected chi connectivity index (χ3v) is 3.82. The first kappa shape index (κ1) is 12.6. The van der Waals surface area contributed by atoms with Crippen LogP contribution in [0.3, 0.4) is 0 Å². The summed E-state index contributed by atoms with van der Waals surface area (Å²) in [5.41, 5.74) is 3.32. The molecule has 94 valence electrons. The standard InChI is InChI=1S/C16H24O/c1-12-7-13(2)9-15(8-12)11-16(3,17)10-14-5-4-6-14/h7-9,14,17H,4-6,10-11H2,1-3H3. The predicted molar refractivity (Wildman–Crippen MR) is 72.2 cm³/mol. The van der Waals surface area contributed by atoms with Crippen molar-refractivity contribution in [3.8, 4) is 0 Å². The highest BCUT2D eigenvalue weighted by atomic mass is 16.3. The van der Waals surface area contributed by atoms with Crippen LogP contribution < -0.4 is 0 Å². The highest BCUT2D eigenvalue weighted by Crippen LogP contribution is 2.35. The molecule has 1 atom stereocenters. The van der Waals surface area contributed by atoms with E-state index >= 15 is 0 Å². The highest BCUT2D eigenvalue weighted by Gasteiger charge is 2.29. The second kappa shape index (κ2) is 4.81. The summed E-state index contributed by atoms with van der Waals surface area (Å²) in [5, 5.41) is 10.5. The molecule has 0 saturated heterocycles. The minimum absolute atomic E-state index is 0.536. The minimum atomic E-state index is -0.536. The zero-order valence-corrected chi connectivity index (χ0v) is 11.3. The van der Waals surface area contributed by atoms with Crippen LogP contribution in [-0.4, -0.2) is 10.7 Å². The van der Waals surface area contributed by atoms with E-state index in [1.807, 2.05) is 6.92 Å². The maximum absolute atomic E-state index is 10.5. The Morgan fingerprint density at radius 2 is 1.76 bits per heavy atom. The average Bonchev–Trinajstić information content (AvgIpc) is 2.09. The van der Waals surface area contributed by atoms with Gasteiger partial charge in [-0.25, -0.2) is 0 Å². The van der Waals surface area contributed by atoms with Crippen LogP contribution >= 0.6 is 0 Å². The van der Waals surface area contributed by atoms with Gasteiger partial charge in [0.15, 0.2) is 0 Å². The Bertz CT molecular complexity index is 368. The summed E-state index contributed by atoms with van der Waals surface area (Å²) >= 11 is 0. The fourth-order valence-electron chi connectivity index (χ4n) is 3.00. The smallest absolute Gasteiger partial charge is 0.0662 e. The number of aryl methyl sites for hydroxylation is 2. The molecule has 1 aliphatic rings. The van der Waals surface area contributed by atoms with E-state index in [-0.39, 0.29) is 0 Å². The van der Waals surface area contributed by atoms with Gasteiger partial charge in [0.1, 0.15) is 0 Å². The first-order valence-corrected chi connectivity index (χ1v) is 6.74. The summed E-state index contributed by atoms with van der Waals surface area (Å²) in [6.07, 6.45) is 5.71. The Morgan fingerprint density at radius 1 is 1.18 bits per heavy atom. The van der Waals surface area contributed by atoms with Crippen molar-refractivity contribution in [1.82, 2.24) is 0 Å². The van der Waals surface area contributed by atoms with Gasteiger partial charge in [-0.2, -0.15) is 0 Å². The van der Waals surface area contributed by atoms with Crippen molar-refractivity contribution in [2.24, 2.45) is 5.92 Å². The number of hydrogen-bond acceptors (Lipinski definition) is 1. The molecule has 1 fully saturated rings. The maximum Gasteiger partial charge on any atom is 0.0662 e. The molecule has 0 radical (unpaired) electrons.